The molecular weight excluding hydrogens is 290 g/mol. The lowest BCUT2D eigenvalue weighted by Gasteiger charge is -2.12. The second-order valence-corrected chi connectivity index (χ2v) is 4.75. The van der Waals surface area contributed by atoms with Crippen LogP contribution in [0.15, 0.2) is 24.5 Å². The first kappa shape index (κ1) is 15.4. The Hall–Kier alpha value is -2.01. The molecule has 2 aromatic rings. The van der Waals surface area contributed by atoms with Crippen LogP contribution >= 0.6 is 11.6 Å². The highest BCUT2D eigenvalue weighted by atomic mass is 35.5. The van der Waals surface area contributed by atoms with Gasteiger partial charge < -0.3 is 14.8 Å². The predicted molar refractivity (Wildman–Crippen MR) is 83.3 cm³/mol. The molecule has 0 bridgehead atoms. The van der Waals surface area contributed by atoms with Crippen LogP contribution in [0, 0.1) is 0 Å². The van der Waals surface area contributed by atoms with Gasteiger partial charge in [0.05, 0.1) is 14.2 Å². The Morgan fingerprint density at radius 2 is 1.90 bits per heavy atom. The van der Waals surface area contributed by atoms with Crippen molar-refractivity contribution < 1.29 is 9.47 Å². The molecule has 1 N–H and O–H groups in total. The van der Waals surface area contributed by atoms with E-state index in [1.54, 1.807) is 14.2 Å². The quantitative estimate of drug-likeness (QED) is 0.830. The van der Waals surface area contributed by atoms with E-state index in [-0.39, 0.29) is 0 Å². The maximum Gasteiger partial charge on any atom is 0.161 e. The first-order chi connectivity index (χ1) is 10.2. The normalized spacial score (nSPS) is 10.3. The number of ether oxygens (including phenoxy) is 2. The summed E-state index contributed by atoms with van der Waals surface area (Å²) in [6.07, 6.45) is 2.23. The van der Waals surface area contributed by atoms with E-state index < -0.39 is 0 Å². The lowest BCUT2D eigenvalue weighted by Crippen LogP contribution is -2.06. The third-order valence-electron chi connectivity index (χ3n) is 3.15. The van der Waals surface area contributed by atoms with Gasteiger partial charge in [-0.2, -0.15) is 0 Å². The summed E-state index contributed by atoms with van der Waals surface area (Å²) in [7, 11) is 3.24. The van der Waals surface area contributed by atoms with E-state index in [0.29, 0.717) is 23.2 Å². The second-order valence-electron chi connectivity index (χ2n) is 4.39. The molecule has 0 fully saturated rings. The number of nitrogens with zero attached hydrogens (tertiary/aromatic N) is 2. The van der Waals surface area contributed by atoms with E-state index in [0.717, 1.165) is 23.4 Å². The van der Waals surface area contributed by atoms with Crippen molar-refractivity contribution in [3.05, 3.63) is 40.8 Å². The van der Waals surface area contributed by atoms with Crippen LogP contribution in [-0.4, -0.2) is 24.2 Å². The summed E-state index contributed by atoms with van der Waals surface area (Å²) in [6.45, 7) is 2.63. The standard InChI is InChI=1S/C15H18ClN3O2/c1-4-11-14(16)18-9-19-15(11)17-8-10-5-6-12(20-2)13(7-10)21-3/h5-7,9H,4,8H2,1-3H3,(H,17,18,19). The van der Waals surface area contributed by atoms with Crippen LogP contribution in [0.25, 0.3) is 0 Å². The van der Waals surface area contributed by atoms with Crippen LogP contribution in [-0.2, 0) is 13.0 Å². The summed E-state index contributed by atoms with van der Waals surface area (Å²) in [5.41, 5.74) is 1.98. The van der Waals surface area contributed by atoms with E-state index in [1.165, 1.54) is 6.33 Å². The average molecular weight is 308 g/mol. The minimum absolute atomic E-state index is 0.488. The molecular formula is C15H18ClN3O2. The Balaban J connectivity index is 2.15. The number of methoxy groups -OCH3 is 2. The van der Waals surface area contributed by atoms with Crippen molar-refractivity contribution in [1.29, 1.82) is 0 Å². The van der Waals surface area contributed by atoms with Crippen molar-refractivity contribution >= 4 is 17.4 Å². The fourth-order valence-electron chi connectivity index (χ4n) is 2.03. The zero-order chi connectivity index (χ0) is 15.2. The van der Waals surface area contributed by atoms with E-state index >= 15 is 0 Å². The third kappa shape index (κ3) is 3.55. The highest BCUT2D eigenvalue weighted by Crippen LogP contribution is 2.28. The SMILES string of the molecule is CCc1c(Cl)ncnc1NCc1ccc(OC)c(OC)c1. The Bertz CT molecular complexity index is 620. The summed E-state index contributed by atoms with van der Waals surface area (Å²) < 4.78 is 10.5. The largest absolute Gasteiger partial charge is 0.493 e. The minimum Gasteiger partial charge on any atom is -0.493 e. The Kier molecular flexibility index (Phi) is 5.22. The molecule has 0 saturated carbocycles. The van der Waals surface area contributed by atoms with E-state index in [2.05, 4.69) is 15.3 Å². The van der Waals surface area contributed by atoms with Crippen molar-refractivity contribution in [2.75, 3.05) is 19.5 Å². The molecule has 1 heterocycles. The lowest BCUT2D eigenvalue weighted by molar-refractivity contribution is 0.354. The fourth-order valence-corrected chi connectivity index (χ4v) is 2.30. The molecule has 0 aliphatic heterocycles. The van der Waals surface area contributed by atoms with Crippen LogP contribution in [0.2, 0.25) is 5.15 Å². The van der Waals surface area contributed by atoms with Gasteiger partial charge in [-0.1, -0.05) is 24.6 Å². The number of nitrogens with one attached hydrogen (secondary N) is 1. The van der Waals surface area contributed by atoms with Gasteiger partial charge in [-0.15, -0.1) is 0 Å². The molecule has 0 atom stereocenters. The van der Waals surface area contributed by atoms with Gasteiger partial charge in [0.25, 0.3) is 0 Å². The molecule has 2 rings (SSSR count). The second kappa shape index (κ2) is 7.13. The smallest absolute Gasteiger partial charge is 0.161 e. The molecule has 6 heteroatoms. The van der Waals surface area contributed by atoms with Crippen LogP contribution in [0.5, 0.6) is 11.5 Å². The first-order valence-corrected chi connectivity index (χ1v) is 7.01. The molecule has 5 nitrogen and oxygen atoms in total. The van der Waals surface area contributed by atoms with Gasteiger partial charge >= 0.3 is 0 Å². The number of hydrogen-bond donors (Lipinski definition) is 1. The molecule has 0 aliphatic rings. The lowest BCUT2D eigenvalue weighted by atomic mass is 10.2. The van der Waals surface area contributed by atoms with Crippen molar-refractivity contribution in [2.45, 2.75) is 19.9 Å². The minimum atomic E-state index is 0.488. The number of hydrogen-bond acceptors (Lipinski definition) is 5. The highest BCUT2D eigenvalue weighted by Gasteiger charge is 2.09. The van der Waals surface area contributed by atoms with Crippen molar-refractivity contribution in [1.82, 2.24) is 9.97 Å². The summed E-state index contributed by atoms with van der Waals surface area (Å²) in [5, 5.41) is 3.77. The molecule has 0 unspecified atom stereocenters. The van der Waals surface area contributed by atoms with Gasteiger partial charge in [0.15, 0.2) is 11.5 Å². The monoisotopic (exact) mass is 307 g/mol. The van der Waals surface area contributed by atoms with Crippen LogP contribution in [0.1, 0.15) is 18.1 Å². The van der Waals surface area contributed by atoms with Crippen LogP contribution in [0.3, 0.4) is 0 Å². The van der Waals surface area contributed by atoms with Gasteiger partial charge in [-0.25, -0.2) is 9.97 Å². The highest BCUT2D eigenvalue weighted by molar-refractivity contribution is 6.30. The number of anilines is 1. The molecule has 0 radical (unpaired) electrons. The molecule has 0 aliphatic carbocycles. The molecule has 1 aromatic heterocycles. The number of benzene rings is 1. The van der Waals surface area contributed by atoms with Crippen LogP contribution in [0.4, 0.5) is 5.82 Å². The van der Waals surface area contributed by atoms with Crippen molar-refractivity contribution in [3.63, 3.8) is 0 Å². The zero-order valence-electron chi connectivity index (χ0n) is 12.3. The number of rotatable bonds is 6. The topological polar surface area (TPSA) is 56.3 Å². The average Bonchev–Trinajstić information content (AvgIpc) is 2.52. The summed E-state index contributed by atoms with van der Waals surface area (Å²) in [6, 6.07) is 5.78. The molecule has 112 valence electrons. The van der Waals surface area contributed by atoms with E-state index in [4.69, 9.17) is 21.1 Å². The summed E-state index contributed by atoms with van der Waals surface area (Å²) in [4.78, 5) is 8.23. The molecule has 0 spiro atoms. The van der Waals surface area contributed by atoms with Gasteiger partial charge in [0, 0.05) is 12.1 Å². The number of halogens is 1. The molecule has 1 aromatic carbocycles. The Labute approximate surface area is 129 Å². The maximum absolute atomic E-state index is 6.07. The van der Waals surface area contributed by atoms with Gasteiger partial charge in [0.2, 0.25) is 0 Å². The Morgan fingerprint density at radius 3 is 2.57 bits per heavy atom. The molecule has 0 saturated heterocycles. The molecule has 21 heavy (non-hydrogen) atoms. The van der Waals surface area contributed by atoms with Crippen molar-refractivity contribution in [2.24, 2.45) is 0 Å². The van der Waals surface area contributed by atoms with Gasteiger partial charge in [-0.3, -0.25) is 0 Å². The third-order valence-corrected chi connectivity index (χ3v) is 3.48. The van der Waals surface area contributed by atoms with Crippen molar-refractivity contribution in [3.8, 4) is 11.5 Å². The molecule has 0 amide bonds. The van der Waals surface area contributed by atoms with Gasteiger partial charge in [-0.05, 0) is 24.1 Å². The zero-order valence-corrected chi connectivity index (χ0v) is 13.1. The number of aromatic nitrogens is 2. The Morgan fingerprint density at radius 1 is 1.14 bits per heavy atom. The first-order valence-electron chi connectivity index (χ1n) is 6.63. The maximum atomic E-state index is 6.07. The van der Waals surface area contributed by atoms with Gasteiger partial charge in [0.1, 0.15) is 17.3 Å². The van der Waals surface area contributed by atoms with E-state index in [9.17, 15) is 0 Å². The predicted octanol–water partition coefficient (Wildman–Crippen LogP) is 3.32. The van der Waals surface area contributed by atoms with E-state index in [1.807, 2.05) is 25.1 Å². The van der Waals surface area contributed by atoms with Crippen LogP contribution < -0.4 is 14.8 Å². The fraction of sp³-hybridized carbons (Fsp3) is 0.333. The summed E-state index contributed by atoms with van der Waals surface area (Å²) in [5.74, 6) is 2.17. The summed E-state index contributed by atoms with van der Waals surface area (Å²) >= 11 is 6.07.